The standard InChI is InChI=1S/C10H8N2O2S2/c1-15-10-11-6(8-3-2-4-16-8)5-7(12-10)9(13)14/h2-5H,1H3,(H,13,14). The van der Waals surface area contributed by atoms with Crippen molar-refractivity contribution >= 4 is 29.1 Å². The predicted molar refractivity (Wildman–Crippen MR) is 64.1 cm³/mol. The second-order valence-electron chi connectivity index (χ2n) is 2.91. The number of aromatic carboxylic acids is 1. The van der Waals surface area contributed by atoms with Crippen LogP contribution in [0.25, 0.3) is 10.6 Å². The Morgan fingerprint density at radius 1 is 1.50 bits per heavy atom. The van der Waals surface area contributed by atoms with E-state index in [2.05, 4.69) is 9.97 Å². The summed E-state index contributed by atoms with van der Waals surface area (Å²) in [6.45, 7) is 0. The van der Waals surface area contributed by atoms with Crippen molar-refractivity contribution in [2.45, 2.75) is 5.16 Å². The first-order valence-electron chi connectivity index (χ1n) is 4.41. The molecule has 0 bridgehead atoms. The van der Waals surface area contributed by atoms with Crippen LogP contribution in [0.5, 0.6) is 0 Å². The molecule has 0 atom stereocenters. The van der Waals surface area contributed by atoms with Gasteiger partial charge < -0.3 is 5.11 Å². The summed E-state index contributed by atoms with van der Waals surface area (Å²) in [4.78, 5) is 20.0. The third-order valence-electron chi connectivity index (χ3n) is 1.88. The van der Waals surface area contributed by atoms with Gasteiger partial charge in [0.05, 0.1) is 10.6 Å². The Balaban J connectivity index is 2.53. The molecule has 16 heavy (non-hydrogen) atoms. The second-order valence-corrected chi connectivity index (χ2v) is 4.63. The Labute approximate surface area is 100 Å². The number of thiophene rings is 1. The van der Waals surface area contributed by atoms with Crippen LogP contribution < -0.4 is 0 Å². The quantitative estimate of drug-likeness (QED) is 0.672. The number of thioether (sulfide) groups is 1. The molecule has 0 spiro atoms. The van der Waals surface area contributed by atoms with E-state index in [1.807, 2.05) is 23.8 Å². The van der Waals surface area contributed by atoms with Crippen molar-refractivity contribution < 1.29 is 9.90 Å². The minimum absolute atomic E-state index is 0.0303. The third kappa shape index (κ3) is 2.23. The van der Waals surface area contributed by atoms with Gasteiger partial charge in [-0.15, -0.1) is 11.3 Å². The van der Waals surface area contributed by atoms with E-state index in [4.69, 9.17) is 5.11 Å². The summed E-state index contributed by atoms with van der Waals surface area (Å²) in [6.07, 6.45) is 1.82. The molecule has 4 nitrogen and oxygen atoms in total. The lowest BCUT2D eigenvalue weighted by molar-refractivity contribution is 0.0689. The Morgan fingerprint density at radius 2 is 2.31 bits per heavy atom. The first-order valence-corrected chi connectivity index (χ1v) is 6.51. The minimum Gasteiger partial charge on any atom is -0.477 e. The molecule has 0 amide bonds. The van der Waals surface area contributed by atoms with Gasteiger partial charge in [-0.2, -0.15) is 0 Å². The van der Waals surface area contributed by atoms with Gasteiger partial charge in [0, 0.05) is 0 Å². The van der Waals surface area contributed by atoms with Gasteiger partial charge in [-0.25, -0.2) is 14.8 Å². The van der Waals surface area contributed by atoms with Gasteiger partial charge in [-0.3, -0.25) is 0 Å². The molecule has 0 aliphatic rings. The Kier molecular flexibility index (Phi) is 3.21. The molecule has 0 radical (unpaired) electrons. The van der Waals surface area contributed by atoms with Gasteiger partial charge in [0.25, 0.3) is 0 Å². The fraction of sp³-hybridized carbons (Fsp3) is 0.100. The van der Waals surface area contributed by atoms with Crippen molar-refractivity contribution in [3.63, 3.8) is 0 Å². The Morgan fingerprint density at radius 3 is 2.88 bits per heavy atom. The maximum atomic E-state index is 10.9. The number of carbonyl (C=O) groups is 1. The lowest BCUT2D eigenvalue weighted by atomic mass is 10.3. The van der Waals surface area contributed by atoms with Gasteiger partial charge in [-0.1, -0.05) is 17.8 Å². The predicted octanol–water partition coefficient (Wildman–Crippen LogP) is 2.63. The van der Waals surface area contributed by atoms with Crippen molar-refractivity contribution in [3.8, 4) is 10.6 Å². The fourth-order valence-electron chi connectivity index (χ4n) is 1.18. The number of carboxylic acid groups (broad SMARTS) is 1. The zero-order chi connectivity index (χ0) is 11.5. The van der Waals surface area contributed by atoms with Gasteiger partial charge in [0.2, 0.25) is 0 Å². The summed E-state index contributed by atoms with van der Waals surface area (Å²) in [5.74, 6) is -1.03. The minimum atomic E-state index is -1.03. The van der Waals surface area contributed by atoms with E-state index in [1.165, 1.54) is 29.2 Å². The van der Waals surface area contributed by atoms with E-state index in [9.17, 15) is 4.79 Å². The van der Waals surface area contributed by atoms with E-state index >= 15 is 0 Å². The van der Waals surface area contributed by atoms with Crippen LogP contribution in [0.15, 0.2) is 28.7 Å². The number of nitrogens with zero attached hydrogens (tertiary/aromatic N) is 2. The summed E-state index contributed by atoms with van der Waals surface area (Å²) >= 11 is 2.85. The highest BCUT2D eigenvalue weighted by Gasteiger charge is 2.11. The number of hydrogen-bond acceptors (Lipinski definition) is 5. The highest BCUT2D eigenvalue weighted by molar-refractivity contribution is 7.98. The monoisotopic (exact) mass is 252 g/mol. The van der Waals surface area contributed by atoms with Crippen molar-refractivity contribution in [3.05, 3.63) is 29.3 Å². The van der Waals surface area contributed by atoms with E-state index < -0.39 is 5.97 Å². The molecule has 2 aromatic heterocycles. The topological polar surface area (TPSA) is 63.1 Å². The lowest BCUT2D eigenvalue weighted by Crippen LogP contribution is -2.03. The number of hydrogen-bond donors (Lipinski definition) is 1. The van der Waals surface area contributed by atoms with Crippen LogP contribution in [0.4, 0.5) is 0 Å². The number of carboxylic acids is 1. The zero-order valence-corrected chi connectivity index (χ0v) is 10.0. The van der Waals surface area contributed by atoms with Crippen LogP contribution in [0.2, 0.25) is 0 Å². The van der Waals surface area contributed by atoms with Crippen molar-refractivity contribution in [1.82, 2.24) is 9.97 Å². The molecule has 82 valence electrons. The van der Waals surface area contributed by atoms with Crippen molar-refractivity contribution in [1.29, 1.82) is 0 Å². The number of aromatic nitrogens is 2. The molecule has 0 saturated heterocycles. The SMILES string of the molecule is CSc1nc(C(=O)O)cc(-c2cccs2)n1. The molecule has 2 heterocycles. The summed E-state index contributed by atoms with van der Waals surface area (Å²) in [5.41, 5.74) is 0.689. The van der Waals surface area contributed by atoms with Crippen molar-refractivity contribution in [2.24, 2.45) is 0 Å². The molecule has 6 heteroatoms. The van der Waals surface area contributed by atoms with Crippen LogP contribution in [-0.4, -0.2) is 27.3 Å². The molecule has 0 saturated carbocycles. The van der Waals surface area contributed by atoms with E-state index in [0.29, 0.717) is 10.9 Å². The molecule has 0 unspecified atom stereocenters. The zero-order valence-electron chi connectivity index (χ0n) is 8.38. The molecule has 2 aromatic rings. The molecular formula is C10H8N2O2S2. The van der Waals surface area contributed by atoms with Gasteiger partial charge in [0.1, 0.15) is 0 Å². The third-order valence-corrected chi connectivity index (χ3v) is 3.32. The van der Waals surface area contributed by atoms with Crippen LogP contribution >= 0.6 is 23.1 Å². The molecule has 2 rings (SSSR count). The molecule has 1 N–H and O–H groups in total. The molecular weight excluding hydrogens is 244 g/mol. The van der Waals surface area contributed by atoms with E-state index in [0.717, 1.165) is 4.88 Å². The van der Waals surface area contributed by atoms with Gasteiger partial charge >= 0.3 is 5.97 Å². The van der Waals surface area contributed by atoms with Crippen LogP contribution in [-0.2, 0) is 0 Å². The molecule has 0 aromatic carbocycles. The smallest absolute Gasteiger partial charge is 0.354 e. The van der Waals surface area contributed by atoms with Crippen LogP contribution in [0.1, 0.15) is 10.5 Å². The van der Waals surface area contributed by atoms with Crippen LogP contribution in [0, 0.1) is 0 Å². The van der Waals surface area contributed by atoms with Crippen LogP contribution in [0.3, 0.4) is 0 Å². The second kappa shape index (κ2) is 4.63. The normalized spacial score (nSPS) is 10.3. The van der Waals surface area contributed by atoms with E-state index in [-0.39, 0.29) is 5.69 Å². The Bertz CT molecular complexity index is 512. The average molecular weight is 252 g/mol. The molecule has 0 aliphatic carbocycles. The number of rotatable bonds is 3. The maximum Gasteiger partial charge on any atom is 0.354 e. The first-order chi connectivity index (χ1) is 7.70. The summed E-state index contributed by atoms with van der Waals surface area (Å²) < 4.78 is 0. The average Bonchev–Trinajstić information content (AvgIpc) is 2.81. The highest BCUT2D eigenvalue weighted by Crippen LogP contribution is 2.24. The molecule has 0 fully saturated rings. The highest BCUT2D eigenvalue weighted by atomic mass is 32.2. The Hall–Kier alpha value is -1.40. The fourth-order valence-corrected chi connectivity index (χ4v) is 2.24. The summed E-state index contributed by atoms with van der Waals surface area (Å²) in [7, 11) is 0. The maximum absolute atomic E-state index is 10.9. The van der Waals surface area contributed by atoms with E-state index in [1.54, 1.807) is 0 Å². The lowest BCUT2D eigenvalue weighted by Gasteiger charge is -2.02. The first kappa shape index (κ1) is 11.1. The largest absolute Gasteiger partial charge is 0.477 e. The van der Waals surface area contributed by atoms with Gasteiger partial charge in [0.15, 0.2) is 10.9 Å². The summed E-state index contributed by atoms with van der Waals surface area (Å²) in [6, 6.07) is 5.30. The summed E-state index contributed by atoms with van der Waals surface area (Å²) in [5, 5.41) is 11.3. The van der Waals surface area contributed by atoms with Crippen molar-refractivity contribution in [2.75, 3.05) is 6.26 Å². The molecule has 0 aliphatic heterocycles. The van der Waals surface area contributed by atoms with Gasteiger partial charge in [-0.05, 0) is 23.8 Å².